The molecule has 2 fully saturated rings. The third-order valence-corrected chi connectivity index (χ3v) is 7.63. The molecule has 2 bridgehead atoms. The van der Waals surface area contributed by atoms with E-state index in [-0.39, 0.29) is 21.8 Å². The summed E-state index contributed by atoms with van der Waals surface area (Å²) in [6.07, 6.45) is 2.95. The van der Waals surface area contributed by atoms with Gasteiger partial charge in [-0.2, -0.15) is 4.31 Å². The molecule has 1 heterocycles. The normalized spacial score (nSPS) is 31.4. The Hall–Kier alpha value is -0.580. The maximum absolute atomic E-state index is 13.2. The van der Waals surface area contributed by atoms with Gasteiger partial charge < -0.3 is 0 Å². The van der Waals surface area contributed by atoms with Gasteiger partial charge in [-0.1, -0.05) is 44.5 Å². The van der Waals surface area contributed by atoms with E-state index in [1.807, 2.05) is 13.0 Å². The summed E-state index contributed by atoms with van der Waals surface area (Å²) in [7, 11) is -3.54. The van der Waals surface area contributed by atoms with Gasteiger partial charge in [-0.25, -0.2) is 8.42 Å². The van der Waals surface area contributed by atoms with Crippen LogP contribution in [0.5, 0.6) is 0 Å². The van der Waals surface area contributed by atoms with Crippen molar-refractivity contribution in [3.63, 3.8) is 0 Å². The van der Waals surface area contributed by atoms with Crippen LogP contribution >= 0.6 is 11.6 Å². The predicted octanol–water partition coefficient (Wildman–Crippen LogP) is 4.24. The van der Waals surface area contributed by atoms with Gasteiger partial charge in [-0.3, -0.25) is 0 Å². The lowest BCUT2D eigenvalue weighted by Crippen LogP contribution is -2.38. The minimum Gasteiger partial charge on any atom is -0.207 e. The molecule has 1 aromatic rings. The summed E-state index contributed by atoms with van der Waals surface area (Å²) in [4.78, 5) is 0.283. The minimum absolute atomic E-state index is 0.0780. The summed E-state index contributed by atoms with van der Waals surface area (Å²) < 4.78 is 28.1. The van der Waals surface area contributed by atoms with E-state index in [2.05, 4.69) is 20.8 Å². The van der Waals surface area contributed by atoms with Gasteiger partial charge in [0.05, 0.1) is 5.02 Å². The van der Waals surface area contributed by atoms with Crippen molar-refractivity contribution in [3.05, 3.63) is 28.8 Å². The molecule has 0 aromatic heterocycles. The average molecular weight is 342 g/mol. The number of nitrogens with zero attached hydrogens (tertiary/aromatic N) is 1. The molecule has 2 aliphatic rings. The zero-order chi connectivity index (χ0) is 16.3. The number of benzene rings is 1. The largest absolute Gasteiger partial charge is 0.245 e. The third-order valence-electron chi connectivity index (χ3n) is 5.10. The van der Waals surface area contributed by atoms with Crippen molar-refractivity contribution < 1.29 is 8.42 Å². The number of rotatable bonds is 2. The van der Waals surface area contributed by atoms with Crippen molar-refractivity contribution in [3.8, 4) is 0 Å². The lowest BCUT2D eigenvalue weighted by Gasteiger charge is -2.39. The highest BCUT2D eigenvalue weighted by atomic mass is 35.5. The zero-order valence-electron chi connectivity index (χ0n) is 13.7. The number of halogens is 1. The van der Waals surface area contributed by atoms with E-state index < -0.39 is 10.0 Å². The molecule has 3 nitrogen and oxygen atoms in total. The van der Waals surface area contributed by atoms with E-state index in [0.29, 0.717) is 11.6 Å². The molecular weight excluding hydrogens is 318 g/mol. The maximum Gasteiger partial charge on any atom is 0.245 e. The van der Waals surface area contributed by atoms with Crippen LogP contribution in [0.2, 0.25) is 5.02 Å². The summed E-state index contributed by atoms with van der Waals surface area (Å²) in [5, 5.41) is 0.325. The molecular formula is C17H24ClNO2S. The van der Waals surface area contributed by atoms with Gasteiger partial charge >= 0.3 is 0 Å². The van der Waals surface area contributed by atoms with Crippen LogP contribution in [0.4, 0.5) is 0 Å². The first-order valence-corrected chi connectivity index (χ1v) is 9.63. The van der Waals surface area contributed by atoms with Crippen LogP contribution in [-0.4, -0.2) is 25.3 Å². The molecule has 0 spiro atoms. The topological polar surface area (TPSA) is 37.4 Å². The van der Waals surface area contributed by atoms with Gasteiger partial charge in [0, 0.05) is 12.6 Å². The molecule has 2 atom stereocenters. The molecule has 1 aliphatic carbocycles. The molecule has 1 aromatic carbocycles. The summed E-state index contributed by atoms with van der Waals surface area (Å²) >= 11 is 6.22. The fourth-order valence-corrected chi connectivity index (χ4v) is 7.31. The van der Waals surface area contributed by atoms with Crippen LogP contribution in [0, 0.1) is 17.8 Å². The van der Waals surface area contributed by atoms with Crippen molar-refractivity contribution in [2.45, 2.75) is 57.9 Å². The molecule has 0 amide bonds. The highest BCUT2D eigenvalue weighted by molar-refractivity contribution is 7.89. The Kier molecular flexibility index (Phi) is 3.67. The number of aryl methyl sites for hydroxylation is 1. The number of hydrogen-bond donors (Lipinski definition) is 0. The second-order valence-corrected chi connectivity index (χ2v) is 10.4. The lowest BCUT2D eigenvalue weighted by molar-refractivity contribution is 0.133. The lowest BCUT2D eigenvalue weighted by atomic mass is 9.65. The molecule has 22 heavy (non-hydrogen) atoms. The highest BCUT2D eigenvalue weighted by Gasteiger charge is 2.53. The minimum atomic E-state index is -3.54. The molecule has 0 N–H and O–H groups in total. The molecule has 3 rings (SSSR count). The third kappa shape index (κ3) is 2.59. The Morgan fingerprint density at radius 2 is 1.91 bits per heavy atom. The van der Waals surface area contributed by atoms with Crippen molar-refractivity contribution in [2.75, 3.05) is 6.54 Å². The smallest absolute Gasteiger partial charge is 0.207 e. The van der Waals surface area contributed by atoms with Crippen molar-refractivity contribution in [2.24, 2.45) is 10.8 Å². The number of hydrogen-bond acceptors (Lipinski definition) is 2. The van der Waals surface area contributed by atoms with E-state index in [4.69, 9.17) is 11.6 Å². The predicted molar refractivity (Wildman–Crippen MR) is 89.6 cm³/mol. The fourth-order valence-electron chi connectivity index (χ4n) is 4.75. The molecule has 2 unspecified atom stereocenters. The van der Waals surface area contributed by atoms with Crippen molar-refractivity contribution >= 4 is 21.6 Å². The van der Waals surface area contributed by atoms with E-state index in [1.165, 1.54) is 0 Å². The first kappa shape index (κ1) is 16.3. The molecule has 122 valence electrons. The Bertz CT molecular complexity index is 693. The van der Waals surface area contributed by atoms with Crippen LogP contribution in [0.3, 0.4) is 0 Å². The van der Waals surface area contributed by atoms with Crippen LogP contribution in [0.15, 0.2) is 23.1 Å². The molecule has 0 radical (unpaired) electrons. The van der Waals surface area contributed by atoms with Crippen LogP contribution in [0.1, 0.15) is 45.6 Å². The second kappa shape index (κ2) is 4.96. The van der Waals surface area contributed by atoms with Gasteiger partial charge in [-0.05, 0) is 48.6 Å². The first-order valence-electron chi connectivity index (χ1n) is 7.81. The highest BCUT2D eigenvalue weighted by Crippen LogP contribution is 2.54. The molecule has 1 saturated carbocycles. The fraction of sp³-hybridized carbons (Fsp3) is 0.647. The van der Waals surface area contributed by atoms with E-state index >= 15 is 0 Å². The SMILES string of the molecule is Cc1cccc(Cl)c1S(=O)(=O)N1CC2(C)CC1CC(C)(C)C2. The van der Waals surface area contributed by atoms with Gasteiger partial charge in [0.2, 0.25) is 10.0 Å². The summed E-state index contributed by atoms with van der Waals surface area (Å²) in [6.45, 7) is 9.12. The second-order valence-electron chi connectivity index (χ2n) is 8.15. The van der Waals surface area contributed by atoms with Crippen LogP contribution in [0.25, 0.3) is 0 Å². The summed E-state index contributed by atoms with van der Waals surface area (Å²) in [5.74, 6) is 0. The summed E-state index contributed by atoms with van der Waals surface area (Å²) in [6, 6.07) is 5.36. The van der Waals surface area contributed by atoms with Crippen molar-refractivity contribution in [1.29, 1.82) is 0 Å². The van der Waals surface area contributed by atoms with Crippen LogP contribution in [-0.2, 0) is 10.0 Å². The van der Waals surface area contributed by atoms with E-state index in [1.54, 1.807) is 16.4 Å². The maximum atomic E-state index is 13.2. The van der Waals surface area contributed by atoms with Gasteiger partial charge in [-0.15, -0.1) is 0 Å². The van der Waals surface area contributed by atoms with Gasteiger partial charge in [0.1, 0.15) is 4.90 Å². The summed E-state index contributed by atoms with van der Waals surface area (Å²) in [5.41, 5.74) is 0.991. The monoisotopic (exact) mass is 341 g/mol. The molecule has 5 heteroatoms. The van der Waals surface area contributed by atoms with Gasteiger partial charge in [0.15, 0.2) is 0 Å². The zero-order valence-corrected chi connectivity index (χ0v) is 15.3. The Labute approximate surface area is 138 Å². The van der Waals surface area contributed by atoms with E-state index in [9.17, 15) is 8.42 Å². The molecule has 1 saturated heterocycles. The van der Waals surface area contributed by atoms with Crippen molar-refractivity contribution in [1.82, 2.24) is 4.31 Å². The Morgan fingerprint density at radius 3 is 2.55 bits per heavy atom. The average Bonchev–Trinajstić information content (AvgIpc) is 2.58. The van der Waals surface area contributed by atoms with Gasteiger partial charge in [0.25, 0.3) is 0 Å². The Balaban J connectivity index is 2.05. The first-order chi connectivity index (χ1) is 10.0. The standard InChI is InChI=1S/C17H24ClNO2S/c1-12-6-5-7-14(18)15(12)22(20,21)19-11-17(4)9-13(19)8-16(2,3)10-17/h5-7,13H,8-11H2,1-4H3. The van der Waals surface area contributed by atoms with Crippen LogP contribution < -0.4 is 0 Å². The number of fused-ring (bicyclic) bond motifs is 2. The quantitative estimate of drug-likeness (QED) is 0.806. The van der Waals surface area contributed by atoms with E-state index in [0.717, 1.165) is 24.8 Å². The Morgan fingerprint density at radius 1 is 1.23 bits per heavy atom. The molecule has 1 aliphatic heterocycles. The number of sulfonamides is 1.